The van der Waals surface area contributed by atoms with Crippen LogP contribution in [-0.4, -0.2) is 36.9 Å². The highest BCUT2D eigenvalue weighted by Crippen LogP contribution is 2.41. The Kier molecular flexibility index (Phi) is 4.33. The SMILES string of the molecule is COc1cc(C2NC(=O)Nc3c2c(=O)[nH]c(=O)n3C)cc(OC)c1OC. The summed E-state index contributed by atoms with van der Waals surface area (Å²) in [5.74, 6) is 1.25. The van der Waals surface area contributed by atoms with Gasteiger partial charge < -0.3 is 19.5 Å². The first-order valence-corrected chi connectivity index (χ1v) is 7.61. The minimum atomic E-state index is -0.817. The molecular weight excluding hydrogens is 344 g/mol. The number of carbonyl (C=O) groups is 1. The first kappa shape index (κ1) is 17.4. The number of rotatable bonds is 4. The Balaban J connectivity index is 2.27. The van der Waals surface area contributed by atoms with Crippen LogP contribution in [0, 0.1) is 0 Å². The summed E-state index contributed by atoms with van der Waals surface area (Å²) in [7, 11) is 5.86. The van der Waals surface area contributed by atoms with Gasteiger partial charge in [0.2, 0.25) is 5.75 Å². The summed E-state index contributed by atoms with van der Waals surface area (Å²) in [6.45, 7) is 0. The largest absolute Gasteiger partial charge is 0.493 e. The second kappa shape index (κ2) is 6.47. The number of H-pyrrole nitrogens is 1. The topological polar surface area (TPSA) is 124 Å². The Morgan fingerprint density at radius 2 is 1.62 bits per heavy atom. The number of nitrogens with zero attached hydrogens (tertiary/aromatic N) is 1. The van der Waals surface area contributed by atoms with Crippen LogP contribution in [0.15, 0.2) is 21.7 Å². The van der Waals surface area contributed by atoms with Gasteiger partial charge in [0.05, 0.1) is 32.9 Å². The molecule has 10 nitrogen and oxygen atoms in total. The quantitative estimate of drug-likeness (QED) is 0.720. The molecule has 3 rings (SSSR count). The third kappa shape index (κ3) is 2.65. The molecule has 138 valence electrons. The lowest BCUT2D eigenvalue weighted by Gasteiger charge is -2.28. The fourth-order valence-corrected chi connectivity index (χ4v) is 2.92. The minimum absolute atomic E-state index is 0.126. The monoisotopic (exact) mass is 362 g/mol. The van der Waals surface area contributed by atoms with Gasteiger partial charge in [0.1, 0.15) is 5.82 Å². The summed E-state index contributed by atoms with van der Waals surface area (Å²) in [5, 5.41) is 5.17. The highest BCUT2D eigenvalue weighted by Gasteiger charge is 2.32. The number of aromatic amines is 1. The molecule has 1 aliphatic rings. The molecule has 2 amide bonds. The first-order valence-electron chi connectivity index (χ1n) is 7.61. The van der Waals surface area contributed by atoms with Gasteiger partial charge in [-0.15, -0.1) is 0 Å². The van der Waals surface area contributed by atoms with E-state index in [2.05, 4.69) is 15.6 Å². The lowest BCUT2D eigenvalue weighted by atomic mass is 9.97. The zero-order valence-electron chi connectivity index (χ0n) is 14.6. The molecule has 2 heterocycles. The maximum absolute atomic E-state index is 12.4. The van der Waals surface area contributed by atoms with E-state index in [4.69, 9.17) is 14.2 Å². The van der Waals surface area contributed by atoms with Crippen LogP contribution in [0.4, 0.5) is 10.6 Å². The maximum atomic E-state index is 12.4. The van der Waals surface area contributed by atoms with Gasteiger partial charge in [-0.1, -0.05) is 0 Å². The van der Waals surface area contributed by atoms with Crippen molar-refractivity contribution in [3.63, 3.8) is 0 Å². The number of nitrogens with one attached hydrogen (secondary N) is 3. The van der Waals surface area contributed by atoms with Gasteiger partial charge in [-0.2, -0.15) is 0 Å². The number of hydrogen-bond acceptors (Lipinski definition) is 6. The van der Waals surface area contributed by atoms with Crippen molar-refractivity contribution in [2.45, 2.75) is 6.04 Å². The van der Waals surface area contributed by atoms with Gasteiger partial charge in [-0.3, -0.25) is 19.7 Å². The first-order chi connectivity index (χ1) is 12.4. The van der Waals surface area contributed by atoms with E-state index in [1.807, 2.05) is 0 Å². The standard InChI is InChI=1S/C16H18N4O6/c1-20-13-10(14(21)19-16(20)23)11(17-15(22)18-13)7-5-8(24-2)12(26-4)9(6-7)25-3/h5-6,11H,1-4H3,(H2,17,18,22)(H,19,21,23). The van der Waals surface area contributed by atoms with Crippen molar-refractivity contribution >= 4 is 11.8 Å². The normalized spacial score (nSPS) is 15.5. The van der Waals surface area contributed by atoms with E-state index in [9.17, 15) is 14.4 Å². The van der Waals surface area contributed by atoms with Crippen molar-refractivity contribution in [3.8, 4) is 17.2 Å². The number of hydrogen-bond donors (Lipinski definition) is 3. The highest BCUT2D eigenvalue weighted by atomic mass is 16.5. The van der Waals surface area contributed by atoms with Gasteiger partial charge >= 0.3 is 11.7 Å². The average Bonchev–Trinajstić information content (AvgIpc) is 2.63. The van der Waals surface area contributed by atoms with Crippen LogP contribution >= 0.6 is 0 Å². The Morgan fingerprint density at radius 1 is 1.00 bits per heavy atom. The summed E-state index contributed by atoms with van der Waals surface area (Å²) >= 11 is 0. The number of urea groups is 1. The summed E-state index contributed by atoms with van der Waals surface area (Å²) in [6.07, 6.45) is 0. The molecule has 26 heavy (non-hydrogen) atoms. The smallest absolute Gasteiger partial charge is 0.329 e. The molecule has 0 radical (unpaired) electrons. The number of aromatic nitrogens is 2. The van der Waals surface area contributed by atoms with Crippen molar-refractivity contribution in [1.29, 1.82) is 0 Å². The molecule has 0 spiro atoms. The van der Waals surface area contributed by atoms with Crippen LogP contribution in [0.1, 0.15) is 17.2 Å². The van der Waals surface area contributed by atoms with E-state index in [0.29, 0.717) is 22.8 Å². The average molecular weight is 362 g/mol. The molecule has 0 fully saturated rings. The maximum Gasteiger partial charge on any atom is 0.329 e. The fraction of sp³-hybridized carbons (Fsp3) is 0.312. The fourth-order valence-electron chi connectivity index (χ4n) is 2.92. The number of fused-ring (bicyclic) bond motifs is 1. The summed E-state index contributed by atoms with van der Waals surface area (Å²) in [5.41, 5.74) is -0.505. The van der Waals surface area contributed by atoms with Gasteiger partial charge in [-0.05, 0) is 17.7 Å². The molecule has 0 saturated carbocycles. The van der Waals surface area contributed by atoms with Crippen LogP contribution in [0.3, 0.4) is 0 Å². The molecule has 1 unspecified atom stereocenters. The van der Waals surface area contributed by atoms with Crippen molar-refractivity contribution in [2.24, 2.45) is 7.05 Å². The van der Waals surface area contributed by atoms with E-state index >= 15 is 0 Å². The Labute approximate surface area is 147 Å². The number of benzene rings is 1. The molecule has 10 heteroatoms. The number of amides is 2. The number of ether oxygens (including phenoxy) is 3. The zero-order chi connectivity index (χ0) is 19.0. The lowest BCUT2D eigenvalue weighted by molar-refractivity contribution is 0.248. The summed E-state index contributed by atoms with van der Waals surface area (Å²) < 4.78 is 17.1. The molecule has 2 aromatic rings. The second-order valence-electron chi connectivity index (χ2n) is 5.57. The van der Waals surface area contributed by atoms with Gasteiger partial charge in [0.15, 0.2) is 11.5 Å². The summed E-state index contributed by atoms with van der Waals surface area (Å²) in [4.78, 5) is 38.6. The van der Waals surface area contributed by atoms with Crippen LogP contribution in [-0.2, 0) is 7.05 Å². The predicted molar refractivity (Wildman–Crippen MR) is 92.4 cm³/mol. The zero-order valence-corrected chi connectivity index (χ0v) is 14.6. The molecule has 0 aliphatic carbocycles. The van der Waals surface area contributed by atoms with Crippen molar-refractivity contribution in [2.75, 3.05) is 26.6 Å². The molecule has 0 bridgehead atoms. The van der Waals surface area contributed by atoms with Gasteiger partial charge in [0, 0.05) is 7.05 Å². The van der Waals surface area contributed by atoms with E-state index in [1.165, 1.54) is 32.9 Å². The molecule has 1 aliphatic heterocycles. The predicted octanol–water partition coefficient (Wildman–Crippen LogP) is 0.324. The van der Waals surface area contributed by atoms with E-state index < -0.39 is 23.3 Å². The minimum Gasteiger partial charge on any atom is -0.493 e. The molecule has 1 atom stereocenters. The molecular formula is C16H18N4O6. The van der Waals surface area contributed by atoms with Gasteiger partial charge in [-0.25, -0.2) is 9.59 Å². The van der Waals surface area contributed by atoms with Crippen LogP contribution < -0.4 is 36.1 Å². The molecule has 0 saturated heterocycles. The third-order valence-corrected chi connectivity index (χ3v) is 4.18. The van der Waals surface area contributed by atoms with E-state index in [0.717, 1.165) is 0 Å². The number of anilines is 1. The van der Waals surface area contributed by atoms with Crippen molar-refractivity contribution < 1.29 is 19.0 Å². The van der Waals surface area contributed by atoms with Crippen molar-refractivity contribution in [1.82, 2.24) is 14.9 Å². The number of carbonyl (C=O) groups excluding carboxylic acids is 1. The van der Waals surface area contributed by atoms with Crippen LogP contribution in [0.2, 0.25) is 0 Å². The Morgan fingerprint density at radius 3 is 2.15 bits per heavy atom. The molecule has 1 aromatic carbocycles. The summed E-state index contributed by atoms with van der Waals surface area (Å²) in [6, 6.07) is 1.90. The third-order valence-electron chi connectivity index (χ3n) is 4.18. The Bertz CT molecular complexity index is 968. The lowest BCUT2D eigenvalue weighted by Crippen LogP contribution is -2.46. The number of methoxy groups -OCH3 is 3. The van der Waals surface area contributed by atoms with Gasteiger partial charge in [0.25, 0.3) is 5.56 Å². The van der Waals surface area contributed by atoms with E-state index in [1.54, 1.807) is 12.1 Å². The highest BCUT2D eigenvalue weighted by molar-refractivity contribution is 5.92. The second-order valence-corrected chi connectivity index (χ2v) is 5.57. The van der Waals surface area contributed by atoms with Crippen LogP contribution in [0.5, 0.6) is 17.2 Å². The molecule has 1 aromatic heterocycles. The van der Waals surface area contributed by atoms with E-state index in [-0.39, 0.29) is 11.4 Å². The Hall–Kier alpha value is -3.43. The van der Waals surface area contributed by atoms with Crippen molar-refractivity contribution in [3.05, 3.63) is 44.1 Å². The molecule has 3 N–H and O–H groups in total. The van der Waals surface area contributed by atoms with Crippen LogP contribution in [0.25, 0.3) is 0 Å².